The SMILES string of the molecule is CCCC1(CN2CCNC2=O)CC1. The molecule has 1 N–H and O–H groups in total. The second kappa shape index (κ2) is 3.20. The number of hydrogen-bond donors (Lipinski definition) is 1. The fraction of sp³-hybridized carbons (Fsp3) is 0.900. The van der Waals surface area contributed by atoms with Crippen molar-refractivity contribution in [3.8, 4) is 0 Å². The van der Waals surface area contributed by atoms with Crippen LogP contribution in [0.15, 0.2) is 0 Å². The first-order chi connectivity index (χ1) is 6.26. The number of carbonyl (C=O) groups excluding carboxylic acids is 1. The average molecular weight is 182 g/mol. The molecule has 0 aromatic heterocycles. The van der Waals surface area contributed by atoms with Gasteiger partial charge in [0.25, 0.3) is 0 Å². The lowest BCUT2D eigenvalue weighted by Gasteiger charge is -2.21. The van der Waals surface area contributed by atoms with Gasteiger partial charge in [0.15, 0.2) is 0 Å². The third kappa shape index (κ3) is 1.79. The zero-order chi connectivity index (χ0) is 9.31. The summed E-state index contributed by atoms with van der Waals surface area (Å²) in [4.78, 5) is 13.3. The first-order valence-electron chi connectivity index (χ1n) is 5.29. The van der Waals surface area contributed by atoms with E-state index in [1.807, 2.05) is 4.90 Å². The second-order valence-corrected chi connectivity index (χ2v) is 4.40. The van der Waals surface area contributed by atoms with E-state index in [-0.39, 0.29) is 6.03 Å². The molecule has 1 saturated heterocycles. The Morgan fingerprint density at radius 1 is 1.54 bits per heavy atom. The second-order valence-electron chi connectivity index (χ2n) is 4.40. The Morgan fingerprint density at radius 3 is 2.77 bits per heavy atom. The Kier molecular flexibility index (Phi) is 2.18. The molecule has 1 aliphatic heterocycles. The summed E-state index contributed by atoms with van der Waals surface area (Å²) >= 11 is 0. The van der Waals surface area contributed by atoms with E-state index < -0.39 is 0 Å². The minimum absolute atomic E-state index is 0.141. The van der Waals surface area contributed by atoms with E-state index in [4.69, 9.17) is 0 Å². The highest BCUT2D eigenvalue weighted by Gasteiger charge is 2.44. The molecule has 0 unspecified atom stereocenters. The first-order valence-corrected chi connectivity index (χ1v) is 5.29. The van der Waals surface area contributed by atoms with Crippen molar-refractivity contribution in [2.75, 3.05) is 19.6 Å². The maximum atomic E-state index is 11.3. The molecule has 74 valence electrons. The fourth-order valence-electron chi connectivity index (χ4n) is 2.26. The summed E-state index contributed by atoms with van der Waals surface area (Å²) in [7, 11) is 0. The predicted octanol–water partition coefficient (Wildman–Crippen LogP) is 1.59. The van der Waals surface area contributed by atoms with Gasteiger partial charge >= 0.3 is 6.03 Å². The van der Waals surface area contributed by atoms with Crippen molar-refractivity contribution in [3.05, 3.63) is 0 Å². The molecular weight excluding hydrogens is 164 g/mol. The van der Waals surface area contributed by atoms with Gasteiger partial charge in [0, 0.05) is 19.6 Å². The summed E-state index contributed by atoms with van der Waals surface area (Å²) in [6, 6.07) is 0.141. The van der Waals surface area contributed by atoms with Crippen LogP contribution in [0.2, 0.25) is 0 Å². The summed E-state index contributed by atoms with van der Waals surface area (Å²) < 4.78 is 0. The van der Waals surface area contributed by atoms with E-state index >= 15 is 0 Å². The number of urea groups is 1. The average Bonchev–Trinajstić information content (AvgIpc) is 2.73. The molecule has 3 heteroatoms. The van der Waals surface area contributed by atoms with E-state index in [0.29, 0.717) is 5.41 Å². The van der Waals surface area contributed by atoms with Gasteiger partial charge in [0.05, 0.1) is 0 Å². The van der Waals surface area contributed by atoms with Crippen LogP contribution in [0.3, 0.4) is 0 Å². The monoisotopic (exact) mass is 182 g/mol. The summed E-state index contributed by atoms with van der Waals surface area (Å²) in [6.07, 6.45) is 5.18. The summed E-state index contributed by atoms with van der Waals surface area (Å²) in [5.41, 5.74) is 0.510. The highest BCUT2D eigenvalue weighted by molar-refractivity contribution is 5.76. The lowest BCUT2D eigenvalue weighted by molar-refractivity contribution is 0.203. The molecule has 0 bridgehead atoms. The Labute approximate surface area is 79.5 Å². The van der Waals surface area contributed by atoms with Gasteiger partial charge in [-0.05, 0) is 24.7 Å². The molecule has 1 heterocycles. The third-order valence-electron chi connectivity index (χ3n) is 3.21. The molecule has 0 radical (unpaired) electrons. The number of carbonyl (C=O) groups is 1. The van der Waals surface area contributed by atoms with Crippen molar-refractivity contribution < 1.29 is 4.79 Å². The molecule has 0 aromatic carbocycles. The van der Waals surface area contributed by atoms with Crippen LogP contribution in [-0.2, 0) is 0 Å². The Hall–Kier alpha value is -0.730. The van der Waals surface area contributed by atoms with Crippen LogP contribution in [0.4, 0.5) is 4.79 Å². The van der Waals surface area contributed by atoms with Crippen molar-refractivity contribution in [1.29, 1.82) is 0 Å². The topological polar surface area (TPSA) is 32.3 Å². The molecule has 2 amide bonds. The number of rotatable bonds is 4. The van der Waals surface area contributed by atoms with Gasteiger partial charge in [0.2, 0.25) is 0 Å². The molecule has 1 aliphatic carbocycles. The van der Waals surface area contributed by atoms with Crippen molar-refractivity contribution in [3.63, 3.8) is 0 Å². The Balaban J connectivity index is 1.86. The molecule has 3 nitrogen and oxygen atoms in total. The van der Waals surface area contributed by atoms with Crippen molar-refractivity contribution in [2.45, 2.75) is 32.6 Å². The predicted molar refractivity (Wildman–Crippen MR) is 51.5 cm³/mol. The van der Waals surface area contributed by atoms with Gasteiger partial charge in [-0.25, -0.2) is 4.79 Å². The highest BCUT2D eigenvalue weighted by atomic mass is 16.2. The minimum atomic E-state index is 0.141. The molecule has 0 aromatic rings. The molecular formula is C10H18N2O. The molecule has 0 spiro atoms. The lowest BCUT2D eigenvalue weighted by atomic mass is 10.0. The van der Waals surface area contributed by atoms with E-state index in [1.54, 1.807) is 0 Å². The highest BCUT2D eigenvalue weighted by Crippen LogP contribution is 2.50. The Morgan fingerprint density at radius 2 is 2.31 bits per heavy atom. The standard InChI is InChI=1S/C10H18N2O/c1-2-3-10(4-5-10)8-12-7-6-11-9(12)13/h2-8H2,1H3,(H,11,13). The maximum absolute atomic E-state index is 11.3. The quantitative estimate of drug-likeness (QED) is 0.703. The largest absolute Gasteiger partial charge is 0.336 e. The van der Waals surface area contributed by atoms with Gasteiger partial charge in [-0.1, -0.05) is 13.3 Å². The van der Waals surface area contributed by atoms with E-state index in [2.05, 4.69) is 12.2 Å². The van der Waals surface area contributed by atoms with Crippen LogP contribution < -0.4 is 5.32 Å². The number of hydrogen-bond acceptors (Lipinski definition) is 1. The van der Waals surface area contributed by atoms with Crippen LogP contribution in [0.5, 0.6) is 0 Å². The van der Waals surface area contributed by atoms with Crippen molar-refractivity contribution >= 4 is 6.03 Å². The molecule has 0 atom stereocenters. The van der Waals surface area contributed by atoms with E-state index in [9.17, 15) is 4.79 Å². The zero-order valence-electron chi connectivity index (χ0n) is 8.31. The van der Waals surface area contributed by atoms with Gasteiger partial charge in [0.1, 0.15) is 0 Å². The first kappa shape index (κ1) is 8.85. The third-order valence-corrected chi connectivity index (χ3v) is 3.21. The van der Waals surface area contributed by atoms with Gasteiger partial charge in [-0.2, -0.15) is 0 Å². The molecule has 2 fully saturated rings. The molecule has 2 rings (SSSR count). The zero-order valence-corrected chi connectivity index (χ0v) is 8.31. The summed E-state index contributed by atoms with van der Waals surface area (Å²) in [5, 5.41) is 2.85. The summed E-state index contributed by atoms with van der Waals surface area (Å²) in [6.45, 7) is 4.96. The minimum Gasteiger partial charge on any atom is -0.336 e. The fourth-order valence-corrected chi connectivity index (χ4v) is 2.26. The molecule has 13 heavy (non-hydrogen) atoms. The van der Waals surface area contributed by atoms with Crippen LogP contribution in [0.25, 0.3) is 0 Å². The van der Waals surface area contributed by atoms with Gasteiger partial charge in [-0.15, -0.1) is 0 Å². The summed E-state index contributed by atoms with van der Waals surface area (Å²) in [5.74, 6) is 0. The lowest BCUT2D eigenvalue weighted by Crippen LogP contribution is -2.33. The normalized spacial score (nSPS) is 24.7. The molecule has 1 saturated carbocycles. The van der Waals surface area contributed by atoms with Gasteiger partial charge in [-0.3, -0.25) is 0 Å². The van der Waals surface area contributed by atoms with Crippen LogP contribution in [0.1, 0.15) is 32.6 Å². The van der Waals surface area contributed by atoms with Crippen molar-refractivity contribution in [1.82, 2.24) is 10.2 Å². The van der Waals surface area contributed by atoms with Gasteiger partial charge < -0.3 is 10.2 Å². The van der Waals surface area contributed by atoms with E-state index in [0.717, 1.165) is 19.6 Å². The number of amides is 2. The number of nitrogens with zero attached hydrogens (tertiary/aromatic N) is 1. The van der Waals surface area contributed by atoms with Crippen LogP contribution in [-0.4, -0.2) is 30.6 Å². The smallest absolute Gasteiger partial charge is 0.317 e. The Bertz CT molecular complexity index is 211. The molecule has 2 aliphatic rings. The van der Waals surface area contributed by atoms with Crippen LogP contribution in [0, 0.1) is 5.41 Å². The van der Waals surface area contributed by atoms with E-state index in [1.165, 1.54) is 25.7 Å². The maximum Gasteiger partial charge on any atom is 0.317 e. The van der Waals surface area contributed by atoms with Crippen molar-refractivity contribution in [2.24, 2.45) is 5.41 Å². The number of nitrogens with one attached hydrogen (secondary N) is 1. The van der Waals surface area contributed by atoms with Crippen LogP contribution >= 0.6 is 0 Å².